The van der Waals surface area contributed by atoms with E-state index >= 15 is 0 Å². The lowest BCUT2D eigenvalue weighted by atomic mass is 10.2. The van der Waals surface area contributed by atoms with Crippen molar-refractivity contribution < 1.29 is 18.3 Å². The molecule has 0 fully saturated rings. The summed E-state index contributed by atoms with van der Waals surface area (Å²) < 4.78 is 31.1. The van der Waals surface area contributed by atoms with Gasteiger partial charge < -0.3 is 4.74 Å². The number of hydrogen-bond donors (Lipinski definition) is 0. The third-order valence-corrected chi connectivity index (χ3v) is 2.71. The summed E-state index contributed by atoms with van der Waals surface area (Å²) in [6.07, 6.45) is 0.618. The summed E-state index contributed by atoms with van der Waals surface area (Å²) in [6, 6.07) is 8.08. The largest absolute Gasteiger partial charge is 0.488 e. The maximum atomic E-state index is 13.0. The van der Waals surface area contributed by atoms with E-state index in [1.165, 1.54) is 12.1 Å². The second-order valence-electron chi connectivity index (χ2n) is 3.84. The van der Waals surface area contributed by atoms with Gasteiger partial charge in [0.05, 0.1) is 5.56 Å². The van der Waals surface area contributed by atoms with Crippen LogP contribution in [-0.2, 0) is 6.61 Å². The summed E-state index contributed by atoms with van der Waals surface area (Å²) >= 11 is 5.75. The molecule has 98 valence electrons. The molecule has 2 nitrogen and oxygen atoms in total. The van der Waals surface area contributed by atoms with Crippen LogP contribution in [0.5, 0.6) is 5.75 Å². The molecule has 2 aromatic rings. The molecule has 5 heteroatoms. The number of ether oxygens (including phenoxy) is 1. The van der Waals surface area contributed by atoms with Gasteiger partial charge in [-0.1, -0.05) is 17.7 Å². The summed E-state index contributed by atoms with van der Waals surface area (Å²) in [5, 5.41) is 0.419. The van der Waals surface area contributed by atoms with Crippen LogP contribution in [0.1, 0.15) is 15.9 Å². The first-order valence-electron chi connectivity index (χ1n) is 5.41. The van der Waals surface area contributed by atoms with Crippen LogP contribution in [0.25, 0.3) is 0 Å². The highest BCUT2D eigenvalue weighted by molar-refractivity contribution is 6.30. The molecule has 0 spiro atoms. The zero-order valence-electron chi connectivity index (χ0n) is 9.70. The molecule has 0 aliphatic heterocycles. The molecule has 0 saturated heterocycles. The van der Waals surface area contributed by atoms with E-state index in [0.29, 0.717) is 28.2 Å². The summed E-state index contributed by atoms with van der Waals surface area (Å²) in [4.78, 5) is 10.8. The minimum absolute atomic E-state index is 0.0275. The minimum atomic E-state index is -0.937. The molecule has 0 aliphatic carbocycles. The van der Waals surface area contributed by atoms with Crippen molar-refractivity contribution in [3.05, 3.63) is 64.2 Å². The molecule has 0 aliphatic rings. The zero-order valence-corrected chi connectivity index (χ0v) is 10.5. The van der Waals surface area contributed by atoms with Gasteiger partial charge in [-0.15, -0.1) is 0 Å². The Morgan fingerprint density at radius 1 is 1.11 bits per heavy atom. The van der Waals surface area contributed by atoms with Crippen molar-refractivity contribution in [2.24, 2.45) is 0 Å². The van der Waals surface area contributed by atoms with Crippen LogP contribution in [0.15, 0.2) is 36.4 Å². The molecule has 0 saturated carbocycles. The molecule has 0 atom stereocenters. The molecule has 0 amide bonds. The van der Waals surface area contributed by atoms with Gasteiger partial charge in [-0.05, 0) is 35.9 Å². The SMILES string of the molecule is O=Cc1cc(Cl)ccc1OCc1ccc(F)c(F)c1. The van der Waals surface area contributed by atoms with Crippen LogP contribution < -0.4 is 4.74 Å². The summed E-state index contributed by atoms with van der Waals surface area (Å²) in [5.41, 5.74) is 0.765. The van der Waals surface area contributed by atoms with Gasteiger partial charge in [0.15, 0.2) is 17.9 Å². The molecule has 2 rings (SSSR count). The maximum Gasteiger partial charge on any atom is 0.159 e. The Morgan fingerprint density at radius 3 is 2.58 bits per heavy atom. The lowest BCUT2D eigenvalue weighted by molar-refractivity contribution is 0.111. The Morgan fingerprint density at radius 2 is 1.89 bits per heavy atom. The van der Waals surface area contributed by atoms with E-state index in [2.05, 4.69) is 0 Å². The number of carbonyl (C=O) groups is 1. The van der Waals surface area contributed by atoms with Crippen molar-refractivity contribution in [2.75, 3.05) is 0 Å². The Hall–Kier alpha value is -1.94. The highest BCUT2D eigenvalue weighted by atomic mass is 35.5. The standard InChI is InChI=1S/C14H9ClF2O2/c15-11-2-4-14(10(6-11)7-18)19-8-9-1-3-12(16)13(17)5-9/h1-7H,8H2. The predicted octanol–water partition coefficient (Wildman–Crippen LogP) is 4.01. The number of halogens is 3. The van der Waals surface area contributed by atoms with Crippen molar-refractivity contribution in [2.45, 2.75) is 6.61 Å². The lowest BCUT2D eigenvalue weighted by Gasteiger charge is -2.09. The molecule has 0 N–H and O–H groups in total. The van der Waals surface area contributed by atoms with Crippen LogP contribution in [-0.4, -0.2) is 6.29 Å². The first-order valence-corrected chi connectivity index (χ1v) is 5.79. The highest BCUT2D eigenvalue weighted by Gasteiger charge is 2.06. The van der Waals surface area contributed by atoms with E-state index in [9.17, 15) is 13.6 Å². The Bertz CT molecular complexity index is 614. The lowest BCUT2D eigenvalue weighted by Crippen LogP contribution is -1.99. The topological polar surface area (TPSA) is 26.3 Å². The van der Waals surface area contributed by atoms with E-state index in [0.717, 1.165) is 12.1 Å². The van der Waals surface area contributed by atoms with Gasteiger partial charge in [0, 0.05) is 5.02 Å². The summed E-state index contributed by atoms with van der Waals surface area (Å²) in [5.74, 6) is -1.51. The average molecular weight is 283 g/mol. The van der Waals surface area contributed by atoms with Crippen molar-refractivity contribution in [1.29, 1.82) is 0 Å². The van der Waals surface area contributed by atoms with Crippen molar-refractivity contribution in [3.8, 4) is 5.75 Å². The molecule has 0 unspecified atom stereocenters. The Kier molecular flexibility index (Phi) is 4.12. The normalized spacial score (nSPS) is 10.3. The smallest absolute Gasteiger partial charge is 0.159 e. The van der Waals surface area contributed by atoms with Gasteiger partial charge in [0.1, 0.15) is 12.4 Å². The van der Waals surface area contributed by atoms with Crippen LogP contribution in [0.2, 0.25) is 5.02 Å². The molecular formula is C14H9ClF2O2. The van der Waals surface area contributed by atoms with Crippen LogP contribution in [0, 0.1) is 11.6 Å². The molecule has 2 aromatic carbocycles. The van der Waals surface area contributed by atoms with E-state index < -0.39 is 11.6 Å². The number of rotatable bonds is 4. The van der Waals surface area contributed by atoms with E-state index in [4.69, 9.17) is 16.3 Å². The Balaban J connectivity index is 2.14. The number of hydrogen-bond acceptors (Lipinski definition) is 2. The van der Waals surface area contributed by atoms with Crippen molar-refractivity contribution in [3.63, 3.8) is 0 Å². The third-order valence-electron chi connectivity index (χ3n) is 2.48. The Labute approximate surface area is 113 Å². The average Bonchev–Trinajstić information content (AvgIpc) is 2.41. The monoisotopic (exact) mass is 282 g/mol. The molecular weight excluding hydrogens is 274 g/mol. The van der Waals surface area contributed by atoms with Crippen LogP contribution in [0.3, 0.4) is 0 Å². The van der Waals surface area contributed by atoms with Gasteiger partial charge in [-0.2, -0.15) is 0 Å². The van der Waals surface area contributed by atoms with E-state index in [1.807, 2.05) is 0 Å². The first-order chi connectivity index (χ1) is 9.10. The highest BCUT2D eigenvalue weighted by Crippen LogP contribution is 2.22. The molecule has 0 radical (unpaired) electrons. The fraction of sp³-hybridized carbons (Fsp3) is 0.0714. The maximum absolute atomic E-state index is 13.0. The molecule has 0 heterocycles. The molecule has 0 bridgehead atoms. The van der Waals surface area contributed by atoms with Gasteiger partial charge in [-0.25, -0.2) is 8.78 Å². The second-order valence-corrected chi connectivity index (χ2v) is 4.27. The summed E-state index contributed by atoms with van der Waals surface area (Å²) in [6.45, 7) is 0.0275. The van der Waals surface area contributed by atoms with Gasteiger partial charge >= 0.3 is 0 Å². The zero-order chi connectivity index (χ0) is 13.8. The fourth-order valence-electron chi connectivity index (χ4n) is 1.53. The van der Waals surface area contributed by atoms with Crippen molar-refractivity contribution >= 4 is 17.9 Å². The van der Waals surface area contributed by atoms with E-state index in [-0.39, 0.29) is 6.61 Å². The van der Waals surface area contributed by atoms with Crippen molar-refractivity contribution in [1.82, 2.24) is 0 Å². The van der Waals surface area contributed by atoms with Crippen LogP contribution in [0.4, 0.5) is 8.78 Å². The minimum Gasteiger partial charge on any atom is -0.488 e. The molecule has 0 aromatic heterocycles. The molecule has 19 heavy (non-hydrogen) atoms. The fourth-order valence-corrected chi connectivity index (χ4v) is 1.71. The second kappa shape index (κ2) is 5.80. The predicted molar refractivity (Wildman–Crippen MR) is 67.5 cm³/mol. The number of aldehydes is 1. The third kappa shape index (κ3) is 3.29. The van der Waals surface area contributed by atoms with Gasteiger partial charge in [0.2, 0.25) is 0 Å². The van der Waals surface area contributed by atoms with Crippen LogP contribution >= 0.6 is 11.6 Å². The van der Waals surface area contributed by atoms with E-state index in [1.54, 1.807) is 12.1 Å². The quantitative estimate of drug-likeness (QED) is 0.792. The number of carbonyl (C=O) groups excluding carboxylic acids is 1. The van der Waals surface area contributed by atoms with Gasteiger partial charge in [-0.3, -0.25) is 4.79 Å². The number of benzene rings is 2. The first kappa shape index (κ1) is 13.5. The van der Waals surface area contributed by atoms with Gasteiger partial charge in [0.25, 0.3) is 0 Å². The summed E-state index contributed by atoms with van der Waals surface area (Å²) in [7, 11) is 0.